The van der Waals surface area contributed by atoms with Gasteiger partial charge in [-0.1, -0.05) is 30.3 Å². The Kier molecular flexibility index (Phi) is 2.97. The number of methoxy groups -OCH3 is 1. The van der Waals surface area contributed by atoms with Crippen LogP contribution in [0.2, 0.25) is 0 Å². The van der Waals surface area contributed by atoms with Crippen molar-refractivity contribution >= 4 is 10.9 Å². The van der Waals surface area contributed by atoms with Crippen LogP contribution in [0.25, 0.3) is 10.9 Å². The molecule has 3 rings (SSSR count). The minimum absolute atomic E-state index is 0.654. The summed E-state index contributed by atoms with van der Waals surface area (Å²) in [4.78, 5) is 3.24. The van der Waals surface area contributed by atoms with Gasteiger partial charge in [0, 0.05) is 11.2 Å². The fourth-order valence-electron chi connectivity index (χ4n) is 2.21. The Morgan fingerprint density at radius 1 is 1.05 bits per heavy atom. The van der Waals surface area contributed by atoms with Crippen LogP contribution in [0.5, 0.6) is 5.75 Å². The van der Waals surface area contributed by atoms with Crippen molar-refractivity contribution in [2.24, 2.45) is 0 Å². The number of fused-ring (bicyclic) bond motifs is 1. The van der Waals surface area contributed by atoms with Crippen molar-refractivity contribution in [3.05, 3.63) is 65.9 Å². The highest BCUT2D eigenvalue weighted by atomic mass is 16.5. The van der Waals surface area contributed by atoms with Gasteiger partial charge in [-0.25, -0.2) is 0 Å². The van der Waals surface area contributed by atoms with Crippen LogP contribution >= 0.6 is 0 Å². The number of rotatable bonds is 3. The number of hydrogen-bond donors (Lipinski definition) is 2. The summed E-state index contributed by atoms with van der Waals surface area (Å²) in [6.07, 6.45) is -0.654. The van der Waals surface area contributed by atoms with E-state index < -0.39 is 6.10 Å². The monoisotopic (exact) mass is 253 g/mol. The third-order valence-corrected chi connectivity index (χ3v) is 3.28. The number of aromatic amines is 1. The Bertz CT molecular complexity index is 652. The largest absolute Gasteiger partial charge is 0.497 e. The quantitative estimate of drug-likeness (QED) is 0.752. The van der Waals surface area contributed by atoms with Crippen molar-refractivity contribution < 1.29 is 9.84 Å². The van der Waals surface area contributed by atoms with Gasteiger partial charge in [0.15, 0.2) is 0 Å². The average molecular weight is 253 g/mol. The standard InChI is InChI=1S/C16H15NO2/c1-19-13-8-6-11(7-9-13)16(18)15-10-12-4-2-3-5-14(12)17-15/h2-10,16-18H,1H3. The third kappa shape index (κ3) is 2.20. The molecule has 96 valence electrons. The van der Waals surface area contributed by atoms with Gasteiger partial charge in [-0.15, -0.1) is 0 Å². The average Bonchev–Trinajstić information content (AvgIpc) is 2.90. The second kappa shape index (κ2) is 4.78. The molecule has 0 amide bonds. The van der Waals surface area contributed by atoms with E-state index >= 15 is 0 Å². The van der Waals surface area contributed by atoms with E-state index in [4.69, 9.17) is 4.74 Å². The molecule has 0 aliphatic rings. The SMILES string of the molecule is COc1ccc(C(O)c2cc3ccccc3[nH]2)cc1. The van der Waals surface area contributed by atoms with E-state index in [2.05, 4.69) is 4.98 Å². The van der Waals surface area contributed by atoms with Crippen LogP contribution in [-0.2, 0) is 0 Å². The van der Waals surface area contributed by atoms with E-state index in [-0.39, 0.29) is 0 Å². The summed E-state index contributed by atoms with van der Waals surface area (Å²) in [6.45, 7) is 0. The summed E-state index contributed by atoms with van der Waals surface area (Å²) >= 11 is 0. The number of aliphatic hydroxyl groups is 1. The van der Waals surface area contributed by atoms with Crippen LogP contribution in [-0.4, -0.2) is 17.2 Å². The van der Waals surface area contributed by atoms with Gasteiger partial charge in [0.05, 0.1) is 7.11 Å². The molecule has 2 aromatic carbocycles. The smallest absolute Gasteiger partial charge is 0.119 e. The van der Waals surface area contributed by atoms with E-state index in [0.29, 0.717) is 0 Å². The molecule has 0 saturated heterocycles. The lowest BCUT2D eigenvalue weighted by molar-refractivity contribution is 0.216. The molecule has 1 unspecified atom stereocenters. The van der Waals surface area contributed by atoms with Gasteiger partial charge in [0.1, 0.15) is 11.9 Å². The van der Waals surface area contributed by atoms with Crippen molar-refractivity contribution in [3.63, 3.8) is 0 Å². The normalized spacial score (nSPS) is 12.5. The molecule has 0 aliphatic carbocycles. The molecular weight excluding hydrogens is 238 g/mol. The molecule has 1 aromatic heterocycles. The number of hydrogen-bond acceptors (Lipinski definition) is 2. The van der Waals surface area contributed by atoms with Gasteiger partial charge in [-0.2, -0.15) is 0 Å². The summed E-state index contributed by atoms with van der Waals surface area (Å²) in [5.74, 6) is 0.785. The fourth-order valence-corrected chi connectivity index (χ4v) is 2.21. The van der Waals surface area contributed by atoms with Crippen LogP contribution in [0.4, 0.5) is 0 Å². The number of aromatic nitrogens is 1. The number of H-pyrrole nitrogens is 1. The van der Waals surface area contributed by atoms with Gasteiger partial charge >= 0.3 is 0 Å². The third-order valence-electron chi connectivity index (χ3n) is 3.28. The molecule has 3 heteroatoms. The molecule has 0 saturated carbocycles. The molecule has 19 heavy (non-hydrogen) atoms. The van der Waals surface area contributed by atoms with Crippen molar-refractivity contribution in [2.45, 2.75) is 6.10 Å². The van der Waals surface area contributed by atoms with Crippen molar-refractivity contribution in [3.8, 4) is 5.75 Å². The predicted octanol–water partition coefficient (Wildman–Crippen LogP) is 3.26. The second-order valence-corrected chi connectivity index (χ2v) is 4.49. The molecule has 1 heterocycles. The van der Waals surface area contributed by atoms with E-state index in [1.54, 1.807) is 7.11 Å². The Morgan fingerprint density at radius 3 is 2.47 bits per heavy atom. The molecule has 0 bridgehead atoms. The van der Waals surface area contributed by atoms with Gasteiger partial charge in [0.2, 0.25) is 0 Å². The Hall–Kier alpha value is -2.26. The second-order valence-electron chi connectivity index (χ2n) is 4.49. The van der Waals surface area contributed by atoms with Gasteiger partial charge in [0.25, 0.3) is 0 Å². The summed E-state index contributed by atoms with van der Waals surface area (Å²) in [6, 6.07) is 17.4. The zero-order valence-electron chi connectivity index (χ0n) is 10.6. The zero-order chi connectivity index (χ0) is 13.2. The highest BCUT2D eigenvalue weighted by Gasteiger charge is 2.12. The Balaban J connectivity index is 1.95. The maximum absolute atomic E-state index is 10.4. The first kappa shape index (κ1) is 11.8. The van der Waals surface area contributed by atoms with Gasteiger partial charge in [-0.05, 0) is 35.2 Å². The summed E-state index contributed by atoms with van der Waals surface area (Å²) < 4.78 is 5.11. The number of ether oxygens (including phenoxy) is 1. The molecule has 1 atom stereocenters. The topological polar surface area (TPSA) is 45.2 Å². The lowest BCUT2D eigenvalue weighted by atomic mass is 10.1. The molecule has 0 spiro atoms. The Morgan fingerprint density at radius 2 is 1.79 bits per heavy atom. The van der Waals surface area contributed by atoms with Crippen LogP contribution in [0, 0.1) is 0 Å². The van der Waals surface area contributed by atoms with Crippen molar-refractivity contribution in [1.82, 2.24) is 4.98 Å². The predicted molar refractivity (Wildman–Crippen MR) is 75.4 cm³/mol. The van der Waals surface area contributed by atoms with E-state index in [1.807, 2.05) is 54.6 Å². The van der Waals surface area contributed by atoms with E-state index in [0.717, 1.165) is 27.9 Å². The molecule has 0 fully saturated rings. The van der Waals surface area contributed by atoms with Gasteiger partial charge < -0.3 is 14.8 Å². The highest BCUT2D eigenvalue weighted by molar-refractivity contribution is 5.80. The maximum Gasteiger partial charge on any atom is 0.119 e. The van der Waals surface area contributed by atoms with E-state index in [9.17, 15) is 5.11 Å². The summed E-state index contributed by atoms with van der Waals surface area (Å²) in [7, 11) is 1.63. The van der Waals surface area contributed by atoms with Crippen LogP contribution in [0.15, 0.2) is 54.6 Å². The van der Waals surface area contributed by atoms with E-state index in [1.165, 1.54) is 0 Å². The molecular formula is C16H15NO2. The van der Waals surface area contributed by atoms with Crippen LogP contribution in [0.1, 0.15) is 17.4 Å². The minimum Gasteiger partial charge on any atom is -0.497 e. The first-order valence-electron chi connectivity index (χ1n) is 6.17. The molecule has 0 radical (unpaired) electrons. The minimum atomic E-state index is -0.654. The van der Waals surface area contributed by atoms with Crippen LogP contribution < -0.4 is 4.74 Å². The van der Waals surface area contributed by atoms with Crippen LogP contribution in [0.3, 0.4) is 0 Å². The summed E-state index contributed by atoms with van der Waals surface area (Å²) in [5, 5.41) is 11.5. The number of aliphatic hydroxyl groups excluding tert-OH is 1. The Labute approximate surface area is 111 Å². The lowest BCUT2D eigenvalue weighted by Gasteiger charge is -2.09. The molecule has 2 N–H and O–H groups in total. The number of nitrogens with one attached hydrogen (secondary N) is 1. The molecule has 3 nitrogen and oxygen atoms in total. The summed E-state index contributed by atoms with van der Waals surface area (Å²) in [5.41, 5.74) is 2.67. The molecule has 3 aromatic rings. The highest BCUT2D eigenvalue weighted by Crippen LogP contribution is 2.26. The van der Waals surface area contributed by atoms with Crippen molar-refractivity contribution in [1.29, 1.82) is 0 Å². The molecule has 0 aliphatic heterocycles. The first-order valence-corrected chi connectivity index (χ1v) is 6.17. The zero-order valence-corrected chi connectivity index (χ0v) is 10.6. The number of para-hydroxylation sites is 1. The number of benzene rings is 2. The first-order chi connectivity index (χ1) is 9.28. The lowest BCUT2D eigenvalue weighted by Crippen LogP contribution is -1.99. The fraction of sp³-hybridized carbons (Fsp3) is 0.125. The van der Waals surface area contributed by atoms with Gasteiger partial charge in [-0.3, -0.25) is 0 Å². The maximum atomic E-state index is 10.4. The van der Waals surface area contributed by atoms with Crippen molar-refractivity contribution in [2.75, 3.05) is 7.11 Å².